The summed E-state index contributed by atoms with van der Waals surface area (Å²) < 4.78 is 5.67. The van der Waals surface area contributed by atoms with Crippen LogP contribution in [0.25, 0.3) is 0 Å². The van der Waals surface area contributed by atoms with E-state index in [1.807, 2.05) is 12.1 Å². The maximum Gasteiger partial charge on any atom is 0.243 e. The lowest BCUT2D eigenvalue weighted by molar-refractivity contribution is -0.115. The molecule has 0 aliphatic rings. The molecule has 1 atom stereocenters. The molecule has 0 fully saturated rings. The van der Waals surface area contributed by atoms with Gasteiger partial charge >= 0.3 is 0 Å². The largest absolute Gasteiger partial charge is 0.493 e. The van der Waals surface area contributed by atoms with Crippen molar-refractivity contribution in [3.05, 3.63) is 34.8 Å². The van der Waals surface area contributed by atoms with Crippen LogP contribution in [0.1, 0.15) is 24.4 Å². The van der Waals surface area contributed by atoms with E-state index in [-0.39, 0.29) is 5.91 Å². The number of nitrogens with one attached hydrogen (secondary N) is 1. The lowest BCUT2D eigenvalue weighted by Gasteiger charge is -2.05. The van der Waals surface area contributed by atoms with E-state index >= 15 is 0 Å². The Morgan fingerprint density at radius 1 is 1.36 bits per heavy atom. The number of rotatable bonds is 7. The molecule has 0 spiro atoms. The molecule has 0 aliphatic carbocycles. The first-order chi connectivity index (χ1) is 10.6. The lowest BCUT2D eigenvalue weighted by Crippen LogP contribution is -2.20. The van der Waals surface area contributed by atoms with Crippen LogP contribution >= 0.6 is 22.9 Å². The van der Waals surface area contributed by atoms with Crippen molar-refractivity contribution in [3.8, 4) is 5.75 Å². The fourth-order valence-corrected chi connectivity index (χ4v) is 2.47. The average molecular weight is 340 g/mol. The summed E-state index contributed by atoms with van der Waals surface area (Å²) in [4.78, 5) is 11.4. The van der Waals surface area contributed by atoms with Crippen molar-refractivity contribution in [1.82, 2.24) is 10.2 Å². The number of hydrogen-bond donors (Lipinski definition) is 1. The molecule has 2 aromatic rings. The number of benzene rings is 1. The monoisotopic (exact) mass is 339 g/mol. The minimum Gasteiger partial charge on any atom is -0.493 e. The molecule has 0 saturated carbocycles. The fraction of sp³-hybridized carbons (Fsp3) is 0.400. The van der Waals surface area contributed by atoms with Crippen molar-refractivity contribution in [1.29, 1.82) is 0 Å². The summed E-state index contributed by atoms with van der Waals surface area (Å²) in [5.74, 6) is 0.558. The van der Waals surface area contributed by atoms with Crippen molar-refractivity contribution in [2.75, 3.05) is 11.9 Å². The van der Waals surface area contributed by atoms with Gasteiger partial charge in [0.1, 0.15) is 16.1 Å². The number of hydrogen-bond acceptors (Lipinski definition) is 5. The van der Waals surface area contributed by atoms with Gasteiger partial charge in [-0.25, -0.2) is 0 Å². The van der Waals surface area contributed by atoms with Crippen LogP contribution < -0.4 is 10.1 Å². The van der Waals surface area contributed by atoms with Gasteiger partial charge in [0.15, 0.2) is 0 Å². The Morgan fingerprint density at radius 2 is 2.09 bits per heavy atom. The normalized spacial score (nSPS) is 12.0. The van der Waals surface area contributed by atoms with E-state index < -0.39 is 5.38 Å². The first-order valence-corrected chi connectivity index (χ1v) is 8.33. The number of anilines is 1. The molecule has 5 nitrogen and oxygen atoms in total. The molecule has 0 saturated heterocycles. The van der Waals surface area contributed by atoms with Crippen LogP contribution in [0.4, 0.5) is 5.13 Å². The first kappa shape index (κ1) is 16.7. The molecule has 1 unspecified atom stereocenters. The number of halogens is 1. The molecular weight excluding hydrogens is 322 g/mol. The highest BCUT2D eigenvalue weighted by molar-refractivity contribution is 7.15. The summed E-state index contributed by atoms with van der Waals surface area (Å²) in [5, 5.41) is 11.2. The van der Waals surface area contributed by atoms with E-state index in [1.165, 1.54) is 16.9 Å². The van der Waals surface area contributed by atoms with Gasteiger partial charge in [-0.2, -0.15) is 0 Å². The van der Waals surface area contributed by atoms with E-state index in [9.17, 15) is 4.79 Å². The zero-order valence-electron chi connectivity index (χ0n) is 12.5. The molecule has 0 bridgehead atoms. The van der Waals surface area contributed by atoms with Crippen LogP contribution in [-0.4, -0.2) is 28.1 Å². The summed E-state index contributed by atoms with van der Waals surface area (Å²) in [6.45, 7) is 4.24. The van der Waals surface area contributed by atoms with Crippen LogP contribution in [-0.2, 0) is 17.6 Å². The van der Waals surface area contributed by atoms with Crippen LogP contribution in [0.5, 0.6) is 5.75 Å². The van der Waals surface area contributed by atoms with Gasteiger partial charge in [-0.15, -0.1) is 21.8 Å². The third-order valence-corrected chi connectivity index (χ3v) is 4.07. The quantitative estimate of drug-likeness (QED) is 0.786. The van der Waals surface area contributed by atoms with Crippen molar-refractivity contribution in [3.63, 3.8) is 0 Å². The van der Waals surface area contributed by atoms with E-state index in [0.29, 0.717) is 18.2 Å². The predicted molar refractivity (Wildman–Crippen MR) is 88.9 cm³/mol. The number of carbonyl (C=O) groups is 1. The number of aromatic nitrogens is 2. The van der Waals surface area contributed by atoms with E-state index in [4.69, 9.17) is 16.3 Å². The predicted octanol–water partition coefficient (Wildman–Crippen LogP) is 3.29. The first-order valence-electron chi connectivity index (χ1n) is 7.07. The average Bonchev–Trinajstić information content (AvgIpc) is 2.95. The highest BCUT2D eigenvalue weighted by Gasteiger charge is 2.12. The Labute approximate surface area is 138 Å². The van der Waals surface area contributed by atoms with Gasteiger partial charge in [-0.05, 0) is 31.0 Å². The maximum absolute atomic E-state index is 11.4. The molecule has 1 aromatic carbocycles. The minimum atomic E-state index is -0.596. The third kappa shape index (κ3) is 4.96. The molecule has 2 rings (SSSR count). The second-order valence-electron chi connectivity index (χ2n) is 4.70. The molecule has 118 valence electrons. The summed E-state index contributed by atoms with van der Waals surface area (Å²) in [5.41, 5.74) is 1.28. The summed E-state index contributed by atoms with van der Waals surface area (Å²) >= 11 is 7.01. The Balaban J connectivity index is 1.79. The second kappa shape index (κ2) is 8.10. The van der Waals surface area contributed by atoms with Gasteiger partial charge in [0.25, 0.3) is 0 Å². The summed E-state index contributed by atoms with van der Waals surface area (Å²) in [6, 6.07) is 8.04. The molecule has 1 heterocycles. The highest BCUT2D eigenvalue weighted by Crippen LogP contribution is 2.17. The van der Waals surface area contributed by atoms with Gasteiger partial charge in [-0.3, -0.25) is 10.1 Å². The van der Waals surface area contributed by atoms with Crippen molar-refractivity contribution in [2.45, 2.75) is 32.1 Å². The number of carbonyl (C=O) groups excluding carboxylic acids is 1. The molecule has 22 heavy (non-hydrogen) atoms. The molecule has 0 radical (unpaired) electrons. The molecule has 0 aliphatic heterocycles. The highest BCUT2D eigenvalue weighted by atomic mass is 35.5. The molecule has 7 heteroatoms. The molecule has 1 N–H and O–H groups in total. The number of amides is 1. The number of nitrogens with zero attached hydrogens (tertiary/aromatic N) is 2. The Morgan fingerprint density at radius 3 is 2.73 bits per heavy atom. The van der Waals surface area contributed by atoms with Crippen LogP contribution in [0.2, 0.25) is 0 Å². The van der Waals surface area contributed by atoms with Gasteiger partial charge in [0, 0.05) is 6.42 Å². The zero-order chi connectivity index (χ0) is 15.9. The SMILES string of the molecule is CCc1ccc(OCCc2nnc(NC(=O)C(C)Cl)s2)cc1. The van der Waals surface area contributed by atoms with Crippen LogP contribution in [0.3, 0.4) is 0 Å². The fourth-order valence-electron chi connectivity index (χ4n) is 1.69. The number of ether oxygens (including phenoxy) is 1. The summed E-state index contributed by atoms with van der Waals surface area (Å²) in [7, 11) is 0. The number of aryl methyl sites for hydroxylation is 1. The maximum atomic E-state index is 11.4. The Bertz CT molecular complexity index is 614. The van der Waals surface area contributed by atoms with Crippen molar-refractivity contribution in [2.24, 2.45) is 0 Å². The molecular formula is C15H18ClN3O2S. The Kier molecular flexibility index (Phi) is 6.15. The standard InChI is InChI=1S/C15H18ClN3O2S/c1-3-11-4-6-12(7-5-11)21-9-8-13-18-19-15(22-13)17-14(20)10(2)16/h4-7,10H,3,8-9H2,1-2H3,(H,17,19,20). The van der Waals surface area contributed by atoms with Gasteiger partial charge < -0.3 is 4.74 Å². The zero-order valence-corrected chi connectivity index (χ0v) is 14.1. The van der Waals surface area contributed by atoms with Gasteiger partial charge in [-0.1, -0.05) is 30.4 Å². The van der Waals surface area contributed by atoms with E-state index in [1.54, 1.807) is 6.92 Å². The van der Waals surface area contributed by atoms with E-state index in [0.717, 1.165) is 17.2 Å². The number of alkyl halides is 1. The van der Waals surface area contributed by atoms with Gasteiger partial charge in [0.2, 0.25) is 11.0 Å². The smallest absolute Gasteiger partial charge is 0.243 e. The van der Waals surface area contributed by atoms with Crippen LogP contribution in [0, 0.1) is 0 Å². The minimum absolute atomic E-state index is 0.281. The molecule has 1 aromatic heterocycles. The van der Waals surface area contributed by atoms with Gasteiger partial charge in [0.05, 0.1) is 6.61 Å². The summed E-state index contributed by atoms with van der Waals surface area (Å²) in [6.07, 6.45) is 1.65. The van der Waals surface area contributed by atoms with Crippen molar-refractivity contribution < 1.29 is 9.53 Å². The van der Waals surface area contributed by atoms with Crippen molar-refractivity contribution >= 4 is 34.0 Å². The Hall–Kier alpha value is -1.66. The third-order valence-electron chi connectivity index (χ3n) is 2.97. The van der Waals surface area contributed by atoms with E-state index in [2.05, 4.69) is 34.6 Å². The second-order valence-corrected chi connectivity index (χ2v) is 6.42. The topological polar surface area (TPSA) is 64.1 Å². The van der Waals surface area contributed by atoms with Crippen LogP contribution in [0.15, 0.2) is 24.3 Å². The lowest BCUT2D eigenvalue weighted by atomic mass is 10.2. The molecule has 1 amide bonds.